The molecule has 4 rings (SSSR count). The maximum atomic E-state index is 12.4. The van der Waals surface area contributed by atoms with Crippen LogP contribution in [0, 0.1) is 0 Å². The number of thioether (sulfide) groups is 1. The van der Waals surface area contributed by atoms with Crippen molar-refractivity contribution in [2.24, 2.45) is 4.99 Å². The van der Waals surface area contributed by atoms with Crippen molar-refractivity contribution in [3.63, 3.8) is 0 Å². The maximum Gasteiger partial charge on any atom is 0.573 e. The highest BCUT2D eigenvalue weighted by molar-refractivity contribution is 8.16. The molecule has 2 heterocycles. The van der Waals surface area contributed by atoms with Gasteiger partial charge in [0.15, 0.2) is 21.6 Å². The van der Waals surface area contributed by atoms with Crippen LogP contribution in [0.15, 0.2) is 53.5 Å². The third-order valence-corrected chi connectivity index (χ3v) is 8.27. The van der Waals surface area contributed by atoms with Gasteiger partial charge >= 0.3 is 6.36 Å². The van der Waals surface area contributed by atoms with E-state index in [4.69, 9.17) is 16.3 Å². The van der Waals surface area contributed by atoms with E-state index >= 15 is 0 Å². The fourth-order valence-electron chi connectivity index (χ4n) is 3.49. The maximum absolute atomic E-state index is 12.4. The second kappa shape index (κ2) is 9.07. The van der Waals surface area contributed by atoms with Crippen LogP contribution in [-0.4, -0.2) is 55.3 Å². The predicted molar refractivity (Wildman–Crippen MR) is 119 cm³/mol. The first-order valence-corrected chi connectivity index (χ1v) is 12.6. The van der Waals surface area contributed by atoms with Crippen molar-refractivity contribution in [2.75, 3.05) is 23.0 Å². The number of ether oxygens (including phenoxy) is 2. The Kier molecular flexibility index (Phi) is 6.52. The number of nitrogens with zero attached hydrogens (tertiary/aromatic N) is 2. The first-order valence-electron chi connectivity index (χ1n) is 9.51. The Morgan fingerprint density at radius 3 is 2.36 bits per heavy atom. The molecule has 1 amide bonds. The number of carbonyl (C=O) groups is 1. The van der Waals surface area contributed by atoms with Gasteiger partial charge in [-0.2, -0.15) is 4.99 Å². The number of alkyl halides is 3. The van der Waals surface area contributed by atoms with Gasteiger partial charge in [0.25, 0.3) is 5.91 Å². The van der Waals surface area contributed by atoms with Gasteiger partial charge in [0.05, 0.1) is 17.5 Å². The van der Waals surface area contributed by atoms with Gasteiger partial charge in [-0.15, -0.1) is 13.2 Å². The van der Waals surface area contributed by atoms with Gasteiger partial charge < -0.3 is 14.4 Å². The fourth-order valence-corrected chi connectivity index (χ4v) is 7.55. The fraction of sp³-hybridized carbons (Fsp3) is 0.300. The molecular weight excluding hydrogens is 505 g/mol. The Hall–Kier alpha value is -2.44. The summed E-state index contributed by atoms with van der Waals surface area (Å²) < 4.78 is 70.9. The Labute approximate surface area is 196 Å². The highest BCUT2D eigenvalue weighted by atomic mass is 35.5. The molecule has 0 saturated carbocycles. The number of amidine groups is 1. The number of amides is 1. The number of carbonyl (C=O) groups excluding carboxylic acids is 1. The number of benzene rings is 2. The summed E-state index contributed by atoms with van der Waals surface area (Å²) in [7, 11) is -3.29. The number of anilines is 1. The van der Waals surface area contributed by atoms with E-state index in [1.165, 1.54) is 12.1 Å². The van der Waals surface area contributed by atoms with Gasteiger partial charge in [-0.1, -0.05) is 23.4 Å². The van der Waals surface area contributed by atoms with Crippen molar-refractivity contribution in [3.05, 3.63) is 53.6 Å². The summed E-state index contributed by atoms with van der Waals surface area (Å²) in [4.78, 5) is 18.1. The van der Waals surface area contributed by atoms with Gasteiger partial charge in [-0.3, -0.25) is 4.79 Å². The molecule has 0 bridgehead atoms. The molecule has 2 aliphatic rings. The molecule has 0 aliphatic carbocycles. The van der Waals surface area contributed by atoms with E-state index in [0.717, 1.165) is 23.9 Å². The van der Waals surface area contributed by atoms with Crippen molar-refractivity contribution >= 4 is 50.0 Å². The molecule has 0 aromatic heterocycles. The highest BCUT2D eigenvalue weighted by Crippen LogP contribution is 2.41. The van der Waals surface area contributed by atoms with E-state index in [2.05, 4.69) is 9.73 Å². The normalized spacial score (nSPS) is 22.9. The zero-order valence-corrected chi connectivity index (χ0v) is 19.0. The largest absolute Gasteiger partial charge is 0.573 e. The van der Waals surface area contributed by atoms with E-state index in [1.54, 1.807) is 29.2 Å². The molecule has 176 valence electrons. The van der Waals surface area contributed by atoms with Crippen LogP contribution < -0.4 is 14.4 Å². The minimum Gasteiger partial charge on any atom is -0.484 e. The zero-order valence-electron chi connectivity index (χ0n) is 16.7. The van der Waals surface area contributed by atoms with Gasteiger partial charge in [-0.05, 0) is 48.5 Å². The van der Waals surface area contributed by atoms with E-state index in [1.807, 2.05) is 0 Å². The summed E-state index contributed by atoms with van der Waals surface area (Å²) in [6.45, 7) is -0.356. The lowest BCUT2D eigenvalue weighted by Crippen LogP contribution is -2.37. The zero-order chi connectivity index (χ0) is 23.8. The van der Waals surface area contributed by atoms with E-state index in [-0.39, 0.29) is 28.5 Å². The second-order valence-electron chi connectivity index (χ2n) is 7.24. The third-order valence-electron chi connectivity index (χ3n) is 4.81. The molecule has 0 radical (unpaired) electrons. The molecule has 33 heavy (non-hydrogen) atoms. The van der Waals surface area contributed by atoms with Crippen LogP contribution in [0.1, 0.15) is 0 Å². The molecular formula is C20H16ClF3N2O5S2. The first kappa shape index (κ1) is 23.7. The molecule has 7 nitrogen and oxygen atoms in total. The van der Waals surface area contributed by atoms with Crippen LogP contribution in [0.5, 0.6) is 11.5 Å². The van der Waals surface area contributed by atoms with Crippen LogP contribution in [0.2, 0.25) is 5.02 Å². The lowest BCUT2D eigenvalue weighted by Gasteiger charge is -2.24. The van der Waals surface area contributed by atoms with Gasteiger partial charge in [0, 0.05) is 16.0 Å². The minimum atomic E-state index is -4.83. The smallest absolute Gasteiger partial charge is 0.484 e. The average molecular weight is 521 g/mol. The second-order valence-corrected chi connectivity index (χ2v) is 11.0. The summed E-state index contributed by atoms with van der Waals surface area (Å²) in [5.74, 6) is -0.827. The minimum absolute atomic E-state index is 0.0808. The Balaban J connectivity index is 1.54. The number of fused-ring (bicyclic) bond motifs is 1. The van der Waals surface area contributed by atoms with E-state index < -0.39 is 33.9 Å². The average Bonchev–Trinajstić information content (AvgIpc) is 3.18. The third kappa shape index (κ3) is 5.92. The van der Waals surface area contributed by atoms with Gasteiger partial charge in [0.2, 0.25) is 0 Å². The standard InChI is InChI=1S/C20H16ClF3N2O5S2/c21-12-1-5-14(6-2-12)30-9-18(27)25-19-26(16-10-33(28,29)11-17(16)32-19)13-3-7-15(8-4-13)31-20(22,23)24/h1-8,16-17H,9-11H2/t16-,17-/m0/s1. The van der Waals surface area contributed by atoms with Crippen LogP contribution in [0.25, 0.3) is 0 Å². The van der Waals surface area contributed by atoms with E-state index in [9.17, 15) is 26.4 Å². The number of sulfone groups is 1. The topological polar surface area (TPSA) is 85.3 Å². The van der Waals surface area contributed by atoms with Gasteiger partial charge in [-0.25, -0.2) is 8.42 Å². The molecule has 2 aliphatic heterocycles. The Morgan fingerprint density at radius 2 is 1.73 bits per heavy atom. The van der Waals surface area contributed by atoms with Crippen LogP contribution in [0.3, 0.4) is 0 Å². The van der Waals surface area contributed by atoms with Crippen molar-refractivity contribution in [1.29, 1.82) is 0 Å². The van der Waals surface area contributed by atoms with E-state index in [0.29, 0.717) is 16.5 Å². The molecule has 2 fully saturated rings. The molecule has 13 heteroatoms. The molecule has 0 unspecified atom stereocenters. The van der Waals surface area contributed by atoms with Crippen molar-refractivity contribution in [3.8, 4) is 11.5 Å². The SMILES string of the molecule is O=C(COc1ccc(Cl)cc1)N=C1S[C@H]2CS(=O)(=O)C[C@@H]2N1c1ccc(OC(F)(F)F)cc1. The number of hydrogen-bond acceptors (Lipinski definition) is 6. The van der Waals surface area contributed by atoms with Crippen LogP contribution >= 0.6 is 23.4 Å². The van der Waals surface area contributed by atoms with Crippen LogP contribution in [-0.2, 0) is 14.6 Å². The molecule has 2 atom stereocenters. The number of halogens is 4. The molecule has 0 N–H and O–H groups in total. The summed E-state index contributed by atoms with van der Waals surface area (Å²) >= 11 is 6.96. The summed E-state index contributed by atoms with van der Waals surface area (Å²) in [5, 5.41) is 0.416. The number of hydrogen-bond donors (Lipinski definition) is 0. The predicted octanol–water partition coefficient (Wildman–Crippen LogP) is 3.92. The first-order chi connectivity index (χ1) is 15.5. The lowest BCUT2D eigenvalue weighted by molar-refractivity contribution is -0.274. The summed E-state index contributed by atoms with van der Waals surface area (Å²) in [6, 6.07) is 10.9. The molecule has 0 spiro atoms. The molecule has 2 saturated heterocycles. The van der Waals surface area contributed by atoms with Crippen molar-refractivity contribution < 1.29 is 35.9 Å². The molecule has 2 aromatic carbocycles. The van der Waals surface area contributed by atoms with Crippen molar-refractivity contribution in [1.82, 2.24) is 0 Å². The molecule has 2 aromatic rings. The number of rotatable bonds is 5. The summed E-state index contributed by atoms with van der Waals surface area (Å²) in [5.41, 5.74) is 0.395. The highest BCUT2D eigenvalue weighted by Gasteiger charge is 2.49. The quantitative estimate of drug-likeness (QED) is 0.590. The summed E-state index contributed by atoms with van der Waals surface area (Å²) in [6.07, 6.45) is -4.83. The number of aliphatic imine (C=N–C) groups is 1. The Bertz CT molecular complexity index is 1170. The Morgan fingerprint density at radius 1 is 1.09 bits per heavy atom. The monoisotopic (exact) mass is 520 g/mol. The lowest BCUT2D eigenvalue weighted by atomic mass is 10.2. The van der Waals surface area contributed by atoms with Crippen molar-refractivity contribution in [2.45, 2.75) is 17.7 Å². The van der Waals surface area contributed by atoms with Gasteiger partial charge in [0.1, 0.15) is 11.5 Å². The van der Waals surface area contributed by atoms with Crippen LogP contribution in [0.4, 0.5) is 18.9 Å².